The van der Waals surface area contributed by atoms with E-state index in [1.54, 1.807) is 12.1 Å². The van der Waals surface area contributed by atoms with Crippen LogP contribution in [-0.4, -0.2) is 67.0 Å². The molecule has 2 heterocycles. The van der Waals surface area contributed by atoms with Gasteiger partial charge in [0.15, 0.2) is 0 Å². The number of amides is 2. The monoisotopic (exact) mass is 467 g/mol. The van der Waals surface area contributed by atoms with Gasteiger partial charge in [-0.15, -0.1) is 12.4 Å². The first-order chi connectivity index (χ1) is 15.1. The maximum Gasteiger partial charge on any atom is 0.229 e. The smallest absolute Gasteiger partial charge is 0.229 e. The largest absolute Gasteiger partial charge is 0.488 e. The number of carbonyl (C=O) groups is 2. The van der Waals surface area contributed by atoms with Gasteiger partial charge in [0.2, 0.25) is 11.8 Å². The van der Waals surface area contributed by atoms with Crippen LogP contribution in [0.2, 0.25) is 0 Å². The highest BCUT2D eigenvalue weighted by atomic mass is 35.5. The highest BCUT2D eigenvalue weighted by molar-refractivity contribution is 6.01. The van der Waals surface area contributed by atoms with Gasteiger partial charge in [0.1, 0.15) is 11.6 Å². The molecule has 2 amide bonds. The molecule has 6 nitrogen and oxygen atoms in total. The summed E-state index contributed by atoms with van der Waals surface area (Å²) in [5.41, 5.74) is 0.881. The van der Waals surface area contributed by atoms with Crippen molar-refractivity contribution >= 4 is 29.9 Å². The number of carbonyl (C=O) groups excluding carboxylic acids is 2. The van der Waals surface area contributed by atoms with Crippen LogP contribution in [0.3, 0.4) is 0 Å². The number of anilines is 1. The average Bonchev–Trinajstić information content (AvgIpc) is 3.40. The molecule has 0 spiro atoms. The molecule has 2 saturated heterocycles. The zero-order valence-electron chi connectivity index (χ0n) is 18.8. The molecule has 3 aliphatic rings. The number of halogens is 2. The summed E-state index contributed by atoms with van der Waals surface area (Å²) in [4.78, 5) is 29.4. The van der Waals surface area contributed by atoms with Gasteiger partial charge in [-0.25, -0.2) is 4.39 Å². The number of unbranched alkanes of at least 4 members (excludes halogenated alkanes) is 2. The zero-order valence-corrected chi connectivity index (χ0v) is 19.6. The highest BCUT2D eigenvalue weighted by Gasteiger charge is 2.28. The van der Waals surface area contributed by atoms with E-state index < -0.39 is 0 Å². The fourth-order valence-corrected chi connectivity index (χ4v) is 4.89. The Balaban J connectivity index is 0.00000289. The Hall–Kier alpha value is -1.86. The molecule has 0 bridgehead atoms. The fourth-order valence-electron chi connectivity index (χ4n) is 4.89. The predicted octanol–water partition coefficient (Wildman–Crippen LogP) is 4.01. The molecule has 8 heteroatoms. The second-order valence-corrected chi connectivity index (χ2v) is 8.96. The van der Waals surface area contributed by atoms with E-state index >= 15 is 0 Å². The number of piperazine rings is 1. The summed E-state index contributed by atoms with van der Waals surface area (Å²) >= 11 is 0. The van der Waals surface area contributed by atoms with Gasteiger partial charge in [-0.2, -0.15) is 0 Å². The van der Waals surface area contributed by atoms with E-state index in [1.807, 2.05) is 0 Å². The topological polar surface area (TPSA) is 53.1 Å². The average molecular weight is 468 g/mol. The summed E-state index contributed by atoms with van der Waals surface area (Å²) in [5, 5.41) is 0. The molecule has 3 fully saturated rings. The number of nitrogens with zero attached hydrogens (tertiary/aromatic N) is 3. The number of benzene rings is 1. The first-order valence-electron chi connectivity index (χ1n) is 11.9. The second-order valence-electron chi connectivity index (χ2n) is 8.96. The Morgan fingerprint density at radius 1 is 0.906 bits per heavy atom. The van der Waals surface area contributed by atoms with Gasteiger partial charge in [0.05, 0.1) is 11.8 Å². The Bertz CT molecular complexity index is 764. The van der Waals surface area contributed by atoms with Crippen LogP contribution in [0.25, 0.3) is 0 Å². The van der Waals surface area contributed by atoms with Crippen molar-refractivity contribution in [3.8, 4) is 5.75 Å². The van der Waals surface area contributed by atoms with Crippen LogP contribution in [0, 0.1) is 5.82 Å². The third kappa shape index (κ3) is 6.35. The van der Waals surface area contributed by atoms with Gasteiger partial charge < -0.3 is 9.64 Å². The van der Waals surface area contributed by atoms with Crippen LogP contribution in [0.15, 0.2) is 18.2 Å². The molecule has 178 valence electrons. The van der Waals surface area contributed by atoms with Crippen molar-refractivity contribution in [2.75, 3.05) is 44.2 Å². The molecule has 4 rings (SSSR count). The van der Waals surface area contributed by atoms with Crippen LogP contribution < -0.4 is 9.64 Å². The van der Waals surface area contributed by atoms with Crippen LogP contribution in [0.4, 0.5) is 10.1 Å². The number of ether oxygens (including phenoxy) is 1. The third-order valence-corrected chi connectivity index (χ3v) is 6.74. The minimum atomic E-state index is -0.217. The Morgan fingerprint density at radius 3 is 2.25 bits per heavy atom. The molecule has 32 heavy (non-hydrogen) atoms. The Morgan fingerprint density at radius 2 is 1.56 bits per heavy atom. The van der Waals surface area contributed by atoms with Crippen LogP contribution in [-0.2, 0) is 9.59 Å². The minimum Gasteiger partial charge on any atom is -0.488 e. The van der Waals surface area contributed by atoms with Gasteiger partial charge in [0.25, 0.3) is 0 Å². The van der Waals surface area contributed by atoms with E-state index in [9.17, 15) is 14.0 Å². The molecule has 1 aliphatic carbocycles. The lowest BCUT2D eigenvalue weighted by Gasteiger charge is -2.37. The molecular formula is C24H35ClFN3O3. The van der Waals surface area contributed by atoms with Crippen LogP contribution in [0.1, 0.15) is 57.8 Å². The molecule has 0 unspecified atom stereocenters. The summed E-state index contributed by atoms with van der Waals surface area (Å²) in [6.45, 7) is 5.20. The molecule has 1 saturated carbocycles. The summed E-state index contributed by atoms with van der Waals surface area (Å²) in [7, 11) is 0. The molecule has 2 aliphatic heterocycles. The standard InChI is InChI=1S/C24H34FN3O3.ClH/c25-19-8-9-22(31-20-6-2-3-7-20)21(18-19)27-16-14-26(15-17-27)12-4-1-5-13-28-23(29)10-11-24(28)30;/h8-9,18,20H,1-7,10-17H2;1H. The van der Waals surface area contributed by atoms with Crippen LogP contribution >= 0.6 is 12.4 Å². The summed E-state index contributed by atoms with van der Waals surface area (Å²) in [6.07, 6.45) is 8.57. The number of rotatable bonds is 9. The summed E-state index contributed by atoms with van der Waals surface area (Å²) < 4.78 is 20.2. The van der Waals surface area contributed by atoms with Crippen molar-refractivity contribution in [1.29, 1.82) is 0 Å². The SMILES string of the molecule is Cl.O=C1CCC(=O)N1CCCCCN1CCN(c2cc(F)ccc2OC2CCCC2)CC1. The zero-order chi connectivity index (χ0) is 21.6. The lowest BCUT2D eigenvalue weighted by Crippen LogP contribution is -2.46. The molecule has 0 radical (unpaired) electrons. The minimum absolute atomic E-state index is 0. The number of likely N-dealkylation sites (tertiary alicyclic amines) is 1. The number of hydrogen-bond donors (Lipinski definition) is 0. The normalized spacial score (nSPS) is 20.2. The predicted molar refractivity (Wildman–Crippen MR) is 125 cm³/mol. The molecular weight excluding hydrogens is 433 g/mol. The Kier molecular flexibility index (Phi) is 9.17. The van der Waals surface area contributed by atoms with E-state index in [4.69, 9.17) is 4.74 Å². The molecule has 0 atom stereocenters. The fraction of sp³-hybridized carbons (Fsp3) is 0.667. The molecule has 0 N–H and O–H groups in total. The molecule has 0 aromatic heterocycles. The maximum atomic E-state index is 14.0. The van der Waals surface area contributed by atoms with Gasteiger partial charge >= 0.3 is 0 Å². The van der Waals surface area contributed by atoms with Crippen molar-refractivity contribution < 1.29 is 18.7 Å². The molecule has 1 aromatic carbocycles. The van der Waals surface area contributed by atoms with Crippen molar-refractivity contribution in [2.45, 2.75) is 63.9 Å². The maximum absolute atomic E-state index is 14.0. The van der Waals surface area contributed by atoms with Gasteiger partial charge in [-0.3, -0.25) is 19.4 Å². The van der Waals surface area contributed by atoms with Crippen LogP contribution in [0.5, 0.6) is 5.75 Å². The van der Waals surface area contributed by atoms with Gasteiger partial charge in [-0.1, -0.05) is 6.42 Å². The van der Waals surface area contributed by atoms with Crippen molar-refractivity contribution in [2.24, 2.45) is 0 Å². The van der Waals surface area contributed by atoms with E-state index in [1.165, 1.54) is 23.8 Å². The third-order valence-electron chi connectivity index (χ3n) is 6.74. The molecule has 1 aromatic rings. The first-order valence-corrected chi connectivity index (χ1v) is 11.9. The lowest BCUT2D eigenvalue weighted by atomic mass is 10.2. The van der Waals surface area contributed by atoms with Gasteiger partial charge in [0, 0.05) is 51.6 Å². The van der Waals surface area contributed by atoms with E-state index in [2.05, 4.69) is 9.80 Å². The summed E-state index contributed by atoms with van der Waals surface area (Å²) in [5.74, 6) is 0.559. The number of imide groups is 1. The number of hydrogen-bond acceptors (Lipinski definition) is 5. The van der Waals surface area contributed by atoms with E-state index in [0.717, 1.165) is 76.3 Å². The van der Waals surface area contributed by atoms with E-state index in [0.29, 0.717) is 19.4 Å². The van der Waals surface area contributed by atoms with Crippen molar-refractivity contribution in [3.63, 3.8) is 0 Å². The summed E-state index contributed by atoms with van der Waals surface area (Å²) in [6, 6.07) is 4.89. The van der Waals surface area contributed by atoms with Crippen molar-refractivity contribution in [1.82, 2.24) is 9.80 Å². The van der Waals surface area contributed by atoms with Gasteiger partial charge in [-0.05, 0) is 57.2 Å². The lowest BCUT2D eigenvalue weighted by molar-refractivity contribution is -0.138. The highest BCUT2D eigenvalue weighted by Crippen LogP contribution is 2.33. The second kappa shape index (κ2) is 11.8. The first kappa shape index (κ1) is 24.8. The Labute approximate surface area is 196 Å². The van der Waals surface area contributed by atoms with E-state index in [-0.39, 0.29) is 36.1 Å². The van der Waals surface area contributed by atoms with Crippen molar-refractivity contribution in [3.05, 3.63) is 24.0 Å². The quantitative estimate of drug-likeness (QED) is 0.405.